The number of hydrogen-bond donors (Lipinski definition) is 0. The van der Waals surface area contributed by atoms with Crippen LogP contribution in [0.25, 0.3) is 53.6 Å². The number of para-hydroxylation sites is 1. The lowest BCUT2D eigenvalue weighted by atomic mass is 9.81. The lowest BCUT2D eigenvalue weighted by Crippen LogP contribution is -2.17. The van der Waals surface area contributed by atoms with Gasteiger partial charge in [0, 0.05) is 47.9 Å². The Morgan fingerprint density at radius 3 is 1.70 bits per heavy atom. The fourth-order valence-electron chi connectivity index (χ4n) is 8.88. The van der Waals surface area contributed by atoms with Gasteiger partial charge in [-0.1, -0.05) is 131 Å². The van der Waals surface area contributed by atoms with E-state index in [1.54, 1.807) is 0 Å². The maximum Gasteiger partial charge on any atom is 0.0554 e. The van der Waals surface area contributed by atoms with E-state index < -0.39 is 0 Å². The van der Waals surface area contributed by atoms with Crippen LogP contribution in [0.4, 0.5) is 17.1 Å². The van der Waals surface area contributed by atoms with Gasteiger partial charge in [-0.2, -0.15) is 0 Å². The van der Waals surface area contributed by atoms with Gasteiger partial charge in [0.25, 0.3) is 0 Å². The molecule has 2 aliphatic rings. The minimum Gasteiger partial charge on any atom is -0.310 e. The van der Waals surface area contributed by atoms with E-state index in [-0.39, 0.29) is 10.8 Å². The van der Waals surface area contributed by atoms with Crippen molar-refractivity contribution in [2.45, 2.75) is 38.5 Å². The molecule has 0 atom stereocenters. The maximum absolute atomic E-state index is 2.49. The summed E-state index contributed by atoms with van der Waals surface area (Å²) in [4.78, 5) is 2.49. The molecule has 8 aromatic rings. The molecule has 2 heteroatoms. The van der Waals surface area contributed by atoms with Crippen molar-refractivity contribution >= 4 is 48.6 Å². The molecule has 1 nitrogen and oxygen atoms in total. The van der Waals surface area contributed by atoms with Gasteiger partial charge < -0.3 is 4.90 Å². The zero-order valence-corrected chi connectivity index (χ0v) is 29.6. The number of benzene rings is 7. The summed E-state index contributed by atoms with van der Waals surface area (Å²) in [7, 11) is 0. The number of fused-ring (bicyclic) bond motifs is 9. The first-order valence-corrected chi connectivity index (χ1v) is 18.4. The summed E-state index contributed by atoms with van der Waals surface area (Å²) in [5.41, 5.74) is 16.8. The molecule has 0 spiro atoms. The number of thiophene rings is 1. The highest BCUT2D eigenvalue weighted by Gasteiger charge is 2.37. The predicted octanol–water partition coefficient (Wildman–Crippen LogP) is 13.8. The number of nitrogens with zero attached hydrogens (tertiary/aromatic N) is 1. The average Bonchev–Trinajstić information content (AvgIpc) is 3.71. The molecule has 2 aliphatic carbocycles. The van der Waals surface area contributed by atoms with Gasteiger partial charge in [-0.3, -0.25) is 0 Å². The molecular formula is C48H37NS. The molecule has 0 radical (unpaired) electrons. The molecule has 0 saturated heterocycles. The van der Waals surface area contributed by atoms with E-state index in [1.807, 2.05) is 11.3 Å². The third-order valence-corrected chi connectivity index (χ3v) is 12.6. The molecule has 0 N–H and O–H groups in total. The molecule has 0 bridgehead atoms. The van der Waals surface area contributed by atoms with Gasteiger partial charge in [0.1, 0.15) is 0 Å². The molecule has 240 valence electrons. The van der Waals surface area contributed by atoms with Crippen LogP contribution >= 0.6 is 11.3 Å². The molecule has 10 rings (SSSR count). The molecule has 0 unspecified atom stereocenters. The SMILES string of the molecule is CC1(C)c2ccccc2-c2ccc(-c3cc4c(cc3N(c3ccccc3)c3ccc5c(c3)C(C)(C)c3ccccc3-5)sc3ccccc34)cc21. The van der Waals surface area contributed by atoms with Crippen LogP contribution in [0.2, 0.25) is 0 Å². The first kappa shape index (κ1) is 29.5. The van der Waals surface area contributed by atoms with Crippen LogP contribution in [0.15, 0.2) is 152 Å². The van der Waals surface area contributed by atoms with Gasteiger partial charge >= 0.3 is 0 Å². The molecule has 1 aromatic heterocycles. The third kappa shape index (κ3) is 4.12. The average molecular weight is 660 g/mol. The van der Waals surface area contributed by atoms with Crippen molar-refractivity contribution in [3.05, 3.63) is 174 Å². The van der Waals surface area contributed by atoms with Crippen molar-refractivity contribution in [2.75, 3.05) is 4.90 Å². The van der Waals surface area contributed by atoms with Crippen LogP contribution in [0.1, 0.15) is 49.9 Å². The fraction of sp³-hybridized carbons (Fsp3) is 0.125. The van der Waals surface area contributed by atoms with E-state index in [0.29, 0.717) is 0 Å². The molecule has 0 amide bonds. The number of hydrogen-bond acceptors (Lipinski definition) is 2. The zero-order valence-electron chi connectivity index (χ0n) is 28.8. The summed E-state index contributed by atoms with van der Waals surface area (Å²) in [5, 5.41) is 2.63. The van der Waals surface area contributed by atoms with Gasteiger partial charge in [-0.15, -0.1) is 11.3 Å². The minimum absolute atomic E-state index is 0.0824. The highest BCUT2D eigenvalue weighted by Crippen LogP contribution is 2.54. The largest absolute Gasteiger partial charge is 0.310 e. The lowest BCUT2D eigenvalue weighted by Gasteiger charge is -2.30. The number of rotatable bonds is 4. The molecule has 0 aliphatic heterocycles. The van der Waals surface area contributed by atoms with Gasteiger partial charge in [-0.05, 0) is 98.6 Å². The molecule has 50 heavy (non-hydrogen) atoms. The quantitative estimate of drug-likeness (QED) is 0.182. The zero-order chi connectivity index (χ0) is 33.8. The monoisotopic (exact) mass is 659 g/mol. The summed E-state index contributed by atoms with van der Waals surface area (Å²) in [6, 6.07) is 56.8. The Morgan fingerprint density at radius 2 is 0.980 bits per heavy atom. The summed E-state index contributed by atoms with van der Waals surface area (Å²) in [6.45, 7) is 9.48. The molecule has 0 saturated carbocycles. The third-order valence-electron chi connectivity index (χ3n) is 11.5. The highest BCUT2D eigenvalue weighted by atomic mass is 32.1. The second-order valence-electron chi connectivity index (χ2n) is 15.0. The van der Waals surface area contributed by atoms with Crippen molar-refractivity contribution in [3.63, 3.8) is 0 Å². The van der Waals surface area contributed by atoms with Crippen molar-refractivity contribution in [1.29, 1.82) is 0 Å². The predicted molar refractivity (Wildman–Crippen MR) is 215 cm³/mol. The Morgan fingerprint density at radius 1 is 0.400 bits per heavy atom. The van der Waals surface area contributed by atoms with E-state index in [0.717, 1.165) is 5.69 Å². The first-order valence-electron chi connectivity index (χ1n) is 17.6. The lowest BCUT2D eigenvalue weighted by molar-refractivity contribution is 0.660. The van der Waals surface area contributed by atoms with Crippen molar-refractivity contribution in [2.24, 2.45) is 0 Å². The molecular weight excluding hydrogens is 623 g/mol. The van der Waals surface area contributed by atoms with Crippen LogP contribution in [0, 0.1) is 0 Å². The second kappa shape index (κ2) is 10.5. The van der Waals surface area contributed by atoms with Gasteiger partial charge in [0.05, 0.1) is 5.69 Å². The van der Waals surface area contributed by atoms with Crippen LogP contribution in [0.3, 0.4) is 0 Å². The second-order valence-corrected chi connectivity index (χ2v) is 16.0. The molecule has 1 heterocycles. The highest BCUT2D eigenvalue weighted by molar-refractivity contribution is 7.25. The minimum atomic E-state index is -0.0941. The van der Waals surface area contributed by atoms with Crippen LogP contribution in [-0.4, -0.2) is 0 Å². The summed E-state index contributed by atoms with van der Waals surface area (Å²) < 4.78 is 2.62. The van der Waals surface area contributed by atoms with Gasteiger partial charge in [0.15, 0.2) is 0 Å². The Balaban J connectivity index is 1.25. The van der Waals surface area contributed by atoms with Crippen molar-refractivity contribution < 1.29 is 0 Å². The Hall–Kier alpha value is -5.44. The van der Waals surface area contributed by atoms with E-state index in [2.05, 4.69) is 184 Å². The van der Waals surface area contributed by atoms with Crippen molar-refractivity contribution in [1.82, 2.24) is 0 Å². The Bertz CT molecular complexity index is 2660. The molecule has 7 aromatic carbocycles. The van der Waals surface area contributed by atoms with E-state index in [9.17, 15) is 0 Å². The fourth-order valence-corrected chi connectivity index (χ4v) is 10.0. The summed E-state index contributed by atoms with van der Waals surface area (Å²) >= 11 is 1.88. The first-order chi connectivity index (χ1) is 24.3. The molecule has 0 fully saturated rings. The smallest absolute Gasteiger partial charge is 0.0554 e. The van der Waals surface area contributed by atoms with E-state index in [4.69, 9.17) is 0 Å². The van der Waals surface area contributed by atoms with E-state index >= 15 is 0 Å². The topological polar surface area (TPSA) is 3.24 Å². The normalized spacial score (nSPS) is 14.7. The van der Waals surface area contributed by atoms with Gasteiger partial charge in [-0.25, -0.2) is 0 Å². The Kier molecular flexibility index (Phi) is 6.21. The van der Waals surface area contributed by atoms with Crippen LogP contribution < -0.4 is 4.90 Å². The van der Waals surface area contributed by atoms with Crippen LogP contribution in [0.5, 0.6) is 0 Å². The summed E-state index contributed by atoms with van der Waals surface area (Å²) in [6.07, 6.45) is 0. The summed E-state index contributed by atoms with van der Waals surface area (Å²) in [5.74, 6) is 0. The van der Waals surface area contributed by atoms with Crippen LogP contribution in [-0.2, 0) is 10.8 Å². The standard InChI is InChI=1S/C48H37NS/c1-47(2)40-19-11-8-16-33(40)35-24-22-30(26-42(35)47)38-28-39-37-18-10-13-21-45(37)50-46(39)29-44(38)49(31-14-6-5-7-15-31)32-23-25-36-34-17-9-12-20-41(34)48(3,4)43(36)27-32/h5-29H,1-4H3. The maximum atomic E-state index is 2.49. The number of anilines is 3. The van der Waals surface area contributed by atoms with Gasteiger partial charge in [0.2, 0.25) is 0 Å². The van der Waals surface area contributed by atoms with Crippen molar-refractivity contribution in [3.8, 4) is 33.4 Å². The Labute approximate surface area is 298 Å². The van der Waals surface area contributed by atoms with E-state index in [1.165, 1.54) is 87.2 Å².